The van der Waals surface area contributed by atoms with Gasteiger partial charge in [-0.15, -0.1) is 11.8 Å². The van der Waals surface area contributed by atoms with E-state index >= 15 is 0 Å². The van der Waals surface area contributed by atoms with Crippen LogP contribution in [0.25, 0.3) is 0 Å². The van der Waals surface area contributed by atoms with Crippen LogP contribution >= 0.6 is 11.8 Å². The van der Waals surface area contributed by atoms with Crippen LogP contribution in [0.4, 0.5) is 0 Å². The highest BCUT2D eigenvalue weighted by Gasteiger charge is 2.38. The summed E-state index contributed by atoms with van der Waals surface area (Å²) in [5.41, 5.74) is 0.332. The van der Waals surface area contributed by atoms with Gasteiger partial charge in [-0.05, 0) is 6.42 Å². The van der Waals surface area contributed by atoms with Gasteiger partial charge >= 0.3 is 11.9 Å². The minimum absolute atomic E-state index is 0.0903. The summed E-state index contributed by atoms with van der Waals surface area (Å²) in [5, 5.41) is 20.3. The van der Waals surface area contributed by atoms with Crippen LogP contribution in [-0.4, -0.2) is 39.1 Å². The maximum absolute atomic E-state index is 11.3. The van der Waals surface area contributed by atoms with Gasteiger partial charge in [0.15, 0.2) is 0 Å². The lowest BCUT2D eigenvalue weighted by atomic mass is 9.95. The predicted molar refractivity (Wildman–Crippen MR) is 70.8 cm³/mol. The standard InChI is InChI=1S/C12H17NO5S/c1-3-4-7(11(15)16)10-9(13-6(2)14)8(5-19-10)12(17)18/h7,10H,3-5H2,1-2H3,(H,13,14)(H,15,16)(H,17,18). The van der Waals surface area contributed by atoms with Crippen molar-refractivity contribution in [3.05, 3.63) is 11.3 Å². The maximum Gasteiger partial charge on any atom is 0.334 e. The number of aliphatic carboxylic acids is 2. The largest absolute Gasteiger partial charge is 0.481 e. The van der Waals surface area contributed by atoms with Crippen molar-refractivity contribution < 1.29 is 24.6 Å². The second-order valence-corrected chi connectivity index (χ2v) is 5.47. The van der Waals surface area contributed by atoms with E-state index in [4.69, 9.17) is 5.11 Å². The van der Waals surface area contributed by atoms with Crippen molar-refractivity contribution in [2.24, 2.45) is 5.92 Å². The van der Waals surface area contributed by atoms with Crippen LogP contribution in [0.1, 0.15) is 26.7 Å². The SMILES string of the molecule is CCCC(C(=O)O)C1SCC(C(=O)O)=C1NC(C)=O. The summed E-state index contributed by atoms with van der Waals surface area (Å²) >= 11 is 1.25. The zero-order valence-electron chi connectivity index (χ0n) is 10.8. The average Bonchev–Trinajstić information content (AvgIpc) is 2.68. The molecule has 3 N–H and O–H groups in total. The molecule has 2 unspecified atom stereocenters. The molecule has 0 aromatic carbocycles. The van der Waals surface area contributed by atoms with Crippen LogP contribution in [-0.2, 0) is 14.4 Å². The number of hydrogen-bond donors (Lipinski definition) is 3. The van der Waals surface area contributed by atoms with Crippen molar-refractivity contribution in [2.45, 2.75) is 31.9 Å². The lowest BCUT2D eigenvalue weighted by Gasteiger charge is -2.21. The van der Waals surface area contributed by atoms with Crippen LogP contribution in [0.5, 0.6) is 0 Å². The summed E-state index contributed by atoms with van der Waals surface area (Å²) in [6.45, 7) is 3.15. The molecule has 0 fully saturated rings. The van der Waals surface area contributed by atoms with Crippen LogP contribution in [0.3, 0.4) is 0 Å². The van der Waals surface area contributed by atoms with Crippen LogP contribution in [0, 0.1) is 5.92 Å². The van der Waals surface area contributed by atoms with E-state index in [1.807, 2.05) is 6.92 Å². The Bertz CT molecular complexity index is 432. The number of carbonyl (C=O) groups is 3. The van der Waals surface area contributed by atoms with Gasteiger partial charge in [-0.3, -0.25) is 9.59 Å². The molecule has 2 atom stereocenters. The molecule has 6 nitrogen and oxygen atoms in total. The Hall–Kier alpha value is -1.50. The normalized spacial score (nSPS) is 20.2. The minimum atomic E-state index is -1.11. The van der Waals surface area contributed by atoms with Gasteiger partial charge in [-0.1, -0.05) is 13.3 Å². The molecule has 1 heterocycles. The molecule has 0 saturated carbocycles. The molecular weight excluding hydrogens is 270 g/mol. The molecule has 0 radical (unpaired) electrons. The summed E-state index contributed by atoms with van der Waals surface area (Å²) in [6.07, 6.45) is 1.13. The van der Waals surface area contributed by atoms with E-state index in [1.54, 1.807) is 0 Å². The second-order valence-electron chi connectivity index (χ2n) is 4.34. The highest BCUT2D eigenvalue weighted by molar-refractivity contribution is 8.00. The summed E-state index contributed by atoms with van der Waals surface area (Å²) in [7, 11) is 0. The molecule has 0 spiro atoms. The fourth-order valence-electron chi connectivity index (χ4n) is 2.05. The highest BCUT2D eigenvalue weighted by atomic mass is 32.2. The Morgan fingerprint density at radius 3 is 2.47 bits per heavy atom. The fraction of sp³-hybridized carbons (Fsp3) is 0.583. The number of rotatable bonds is 6. The Morgan fingerprint density at radius 2 is 2.05 bits per heavy atom. The monoisotopic (exact) mass is 287 g/mol. The number of hydrogen-bond acceptors (Lipinski definition) is 4. The van der Waals surface area contributed by atoms with Gasteiger partial charge in [0, 0.05) is 18.4 Å². The van der Waals surface area contributed by atoms with Gasteiger partial charge in [-0.25, -0.2) is 4.79 Å². The Balaban J connectivity index is 3.08. The van der Waals surface area contributed by atoms with Crippen LogP contribution in [0.2, 0.25) is 0 Å². The first kappa shape index (κ1) is 15.6. The Labute approximate surface area is 115 Å². The quantitative estimate of drug-likeness (QED) is 0.675. The number of carboxylic acids is 2. The van der Waals surface area contributed by atoms with Crippen LogP contribution in [0.15, 0.2) is 11.3 Å². The van der Waals surface area contributed by atoms with Gasteiger partial charge in [0.05, 0.1) is 16.7 Å². The van der Waals surface area contributed by atoms with Crippen molar-refractivity contribution in [2.75, 3.05) is 5.75 Å². The molecular formula is C12H17NO5S. The number of nitrogens with one attached hydrogen (secondary N) is 1. The van der Waals surface area contributed by atoms with Crippen molar-refractivity contribution in [1.82, 2.24) is 5.32 Å². The van der Waals surface area contributed by atoms with Crippen molar-refractivity contribution in [3.8, 4) is 0 Å². The Morgan fingerprint density at radius 1 is 1.42 bits per heavy atom. The zero-order valence-corrected chi connectivity index (χ0v) is 11.6. The minimum Gasteiger partial charge on any atom is -0.481 e. The molecule has 0 aromatic rings. The highest BCUT2D eigenvalue weighted by Crippen LogP contribution is 2.37. The smallest absolute Gasteiger partial charge is 0.334 e. The zero-order chi connectivity index (χ0) is 14.6. The van der Waals surface area contributed by atoms with E-state index in [0.29, 0.717) is 12.8 Å². The van der Waals surface area contributed by atoms with Crippen molar-refractivity contribution in [3.63, 3.8) is 0 Å². The molecule has 19 heavy (non-hydrogen) atoms. The Kier molecular flexibility index (Phi) is 5.41. The molecule has 106 valence electrons. The van der Waals surface area contributed by atoms with E-state index in [1.165, 1.54) is 18.7 Å². The van der Waals surface area contributed by atoms with E-state index < -0.39 is 23.1 Å². The van der Waals surface area contributed by atoms with Crippen LogP contribution < -0.4 is 5.32 Å². The first-order valence-corrected chi connectivity index (χ1v) is 7.01. The van der Waals surface area contributed by atoms with Crippen molar-refractivity contribution in [1.29, 1.82) is 0 Å². The average molecular weight is 287 g/mol. The first-order valence-electron chi connectivity index (χ1n) is 5.96. The molecule has 1 aliphatic rings. The summed E-state index contributed by atoms with van der Waals surface area (Å²) < 4.78 is 0. The van der Waals surface area contributed by atoms with Gasteiger partial charge in [-0.2, -0.15) is 0 Å². The number of carbonyl (C=O) groups excluding carboxylic acids is 1. The molecule has 0 aromatic heterocycles. The van der Waals surface area contributed by atoms with E-state index in [9.17, 15) is 19.5 Å². The summed E-state index contributed by atoms with van der Waals surface area (Å²) in [5.74, 6) is -2.94. The molecule has 0 saturated heterocycles. The molecule has 0 bridgehead atoms. The van der Waals surface area contributed by atoms with Gasteiger partial charge in [0.2, 0.25) is 5.91 Å². The third kappa shape index (κ3) is 3.73. The van der Waals surface area contributed by atoms with Gasteiger partial charge in [0.25, 0.3) is 0 Å². The topological polar surface area (TPSA) is 104 Å². The van der Waals surface area contributed by atoms with Crippen molar-refractivity contribution >= 4 is 29.6 Å². The molecule has 0 aliphatic carbocycles. The number of amides is 1. The maximum atomic E-state index is 11.3. The lowest BCUT2D eigenvalue weighted by molar-refractivity contribution is -0.142. The molecule has 1 amide bonds. The predicted octanol–water partition coefficient (Wildman–Crippen LogP) is 1.08. The molecule has 1 aliphatic heterocycles. The number of thioether (sulfide) groups is 1. The van der Waals surface area contributed by atoms with E-state index in [-0.39, 0.29) is 22.9 Å². The third-order valence-corrected chi connectivity index (χ3v) is 4.25. The lowest BCUT2D eigenvalue weighted by Crippen LogP contribution is -2.34. The van der Waals surface area contributed by atoms with Gasteiger partial charge in [0.1, 0.15) is 0 Å². The van der Waals surface area contributed by atoms with Gasteiger partial charge < -0.3 is 15.5 Å². The third-order valence-electron chi connectivity index (χ3n) is 2.87. The molecule has 7 heteroatoms. The summed E-state index contributed by atoms with van der Waals surface area (Å²) in [4.78, 5) is 33.6. The van der Waals surface area contributed by atoms with E-state index in [0.717, 1.165) is 0 Å². The number of carboxylic acid groups (broad SMARTS) is 2. The fourth-order valence-corrected chi connectivity index (χ4v) is 3.53. The molecule has 1 rings (SSSR count). The van der Waals surface area contributed by atoms with E-state index in [2.05, 4.69) is 5.32 Å². The summed E-state index contributed by atoms with van der Waals surface area (Å²) in [6, 6.07) is 0. The first-order chi connectivity index (χ1) is 8.88. The second kappa shape index (κ2) is 6.60.